The summed E-state index contributed by atoms with van der Waals surface area (Å²) in [4.78, 5) is 47.0. The van der Waals surface area contributed by atoms with Gasteiger partial charge in [-0.25, -0.2) is 19.2 Å². The maximum absolute atomic E-state index is 15.0. The average molecular weight is 472 g/mol. The molecule has 5 rings (SSSR count). The van der Waals surface area contributed by atoms with Gasteiger partial charge in [0, 0.05) is 50.5 Å². The van der Waals surface area contributed by atoms with Crippen LogP contribution < -0.4 is 10.3 Å². The van der Waals surface area contributed by atoms with Crippen molar-refractivity contribution in [1.29, 1.82) is 0 Å². The quantitative estimate of drug-likeness (QED) is 0.582. The van der Waals surface area contributed by atoms with E-state index in [0.29, 0.717) is 31.2 Å². The number of rotatable bonds is 6. The predicted octanol–water partition coefficient (Wildman–Crippen LogP) is 2.50. The predicted molar refractivity (Wildman–Crippen MR) is 119 cm³/mol. The number of ketones is 1. The number of nitrogens with zero attached hydrogens (tertiary/aromatic N) is 4. The molecule has 2 saturated heterocycles. The molecule has 0 spiro atoms. The molecule has 2 aliphatic heterocycles. The number of aromatic nitrogens is 3. The maximum atomic E-state index is 15.0. The number of hydrogen-bond donors (Lipinski definition) is 1. The molecule has 0 saturated carbocycles. The molecule has 9 nitrogen and oxygen atoms in total. The van der Waals surface area contributed by atoms with E-state index in [1.165, 1.54) is 22.1 Å². The number of Topliss-reactive ketones (excluding diaryl/α,β-unsaturated/α-hetero) is 1. The number of fused-ring (bicyclic) bond motifs is 1. The molecule has 0 aliphatic carbocycles. The Morgan fingerprint density at radius 1 is 1.33 bits per heavy atom. The number of ether oxygens (including phenoxy) is 1. The van der Waals surface area contributed by atoms with E-state index in [9.17, 15) is 23.9 Å². The molecule has 2 fully saturated rings. The van der Waals surface area contributed by atoms with Gasteiger partial charge in [0.15, 0.2) is 22.4 Å². The largest absolute Gasteiger partial charge is 0.477 e. The van der Waals surface area contributed by atoms with Gasteiger partial charge >= 0.3 is 5.97 Å². The summed E-state index contributed by atoms with van der Waals surface area (Å²) in [7, 11) is 0. The van der Waals surface area contributed by atoms with Crippen LogP contribution in [-0.4, -0.2) is 57.7 Å². The lowest BCUT2D eigenvalue weighted by atomic mass is 9.87. The first-order chi connectivity index (χ1) is 15.9. The van der Waals surface area contributed by atoms with Crippen LogP contribution in [0, 0.1) is 17.7 Å². The Labute approximate surface area is 191 Å². The summed E-state index contributed by atoms with van der Waals surface area (Å²) >= 11 is 1.23. The standard InChI is InChI=1S/C22H21FN4O5S/c23-16-7-14-18(29)15(21(30)31)10-27(22-24-3-5-33-22)19(14)25-20(16)26-8-13(9-26)17(28)6-12-2-1-4-32-11-12/h3,5,7,10,12-13H,1-2,4,6,8-9,11H2,(H,30,31). The molecule has 0 bridgehead atoms. The van der Waals surface area contributed by atoms with Gasteiger partial charge < -0.3 is 14.7 Å². The number of aromatic carboxylic acids is 1. The molecule has 2 aliphatic rings. The molecule has 0 aromatic carbocycles. The lowest BCUT2D eigenvalue weighted by Gasteiger charge is -2.40. The fourth-order valence-corrected chi connectivity index (χ4v) is 4.96. The van der Waals surface area contributed by atoms with E-state index < -0.39 is 22.8 Å². The van der Waals surface area contributed by atoms with Crippen LogP contribution in [0.3, 0.4) is 0 Å². The zero-order valence-electron chi connectivity index (χ0n) is 17.6. The Balaban J connectivity index is 1.44. The minimum atomic E-state index is -1.41. The Hall–Kier alpha value is -3.18. The van der Waals surface area contributed by atoms with E-state index in [1.807, 2.05) is 0 Å². The van der Waals surface area contributed by atoms with Crippen molar-refractivity contribution < 1.29 is 23.8 Å². The van der Waals surface area contributed by atoms with Crippen LogP contribution in [0.4, 0.5) is 10.2 Å². The first-order valence-electron chi connectivity index (χ1n) is 10.7. The molecule has 3 aromatic heterocycles. The fraction of sp³-hybridized carbons (Fsp3) is 0.409. The van der Waals surface area contributed by atoms with E-state index in [1.54, 1.807) is 10.3 Å². The highest BCUT2D eigenvalue weighted by Gasteiger charge is 2.36. The molecule has 33 heavy (non-hydrogen) atoms. The highest BCUT2D eigenvalue weighted by molar-refractivity contribution is 7.12. The van der Waals surface area contributed by atoms with Crippen molar-refractivity contribution in [3.05, 3.63) is 45.4 Å². The Bertz CT molecular complexity index is 1280. The van der Waals surface area contributed by atoms with Gasteiger partial charge in [0.1, 0.15) is 11.3 Å². The number of halogens is 1. The number of carboxylic acid groups (broad SMARTS) is 1. The van der Waals surface area contributed by atoms with Gasteiger partial charge in [0.05, 0.1) is 11.3 Å². The SMILES string of the molecule is O=C(O)c1cn(-c2nccs2)c2nc(N3CC(C(=O)CC4CCCOC4)C3)c(F)cc2c1=O. The fourth-order valence-electron chi connectivity index (χ4n) is 4.34. The summed E-state index contributed by atoms with van der Waals surface area (Å²) in [5.41, 5.74) is -1.19. The van der Waals surface area contributed by atoms with E-state index in [2.05, 4.69) is 9.97 Å². The second kappa shape index (κ2) is 8.64. The van der Waals surface area contributed by atoms with Gasteiger partial charge in [-0.05, 0) is 24.8 Å². The summed E-state index contributed by atoms with van der Waals surface area (Å²) in [6, 6.07) is 1.02. The summed E-state index contributed by atoms with van der Waals surface area (Å²) < 4.78 is 21.8. The number of carbonyl (C=O) groups excluding carboxylic acids is 1. The highest BCUT2D eigenvalue weighted by Crippen LogP contribution is 2.31. The minimum absolute atomic E-state index is 0.0281. The summed E-state index contributed by atoms with van der Waals surface area (Å²) in [5, 5.41) is 11.4. The van der Waals surface area contributed by atoms with Gasteiger partial charge in [-0.15, -0.1) is 11.3 Å². The van der Waals surface area contributed by atoms with Crippen LogP contribution in [0.25, 0.3) is 16.2 Å². The minimum Gasteiger partial charge on any atom is -0.477 e. The molecule has 1 N–H and O–H groups in total. The van der Waals surface area contributed by atoms with Gasteiger partial charge in [-0.2, -0.15) is 0 Å². The maximum Gasteiger partial charge on any atom is 0.341 e. The highest BCUT2D eigenvalue weighted by atomic mass is 32.1. The molecule has 5 heterocycles. The van der Waals surface area contributed by atoms with E-state index in [0.717, 1.165) is 31.7 Å². The van der Waals surface area contributed by atoms with Gasteiger partial charge in [0.25, 0.3) is 0 Å². The molecular weight excluding hydrogens is 451 g/mol. The number of carbonyl (C=O) groups is 2. The van der Waals surface area contributed by atoms with Crippen molar-refractivity contribution in [1.82, 2.24) is 14.5 Å². The number of carboxylic acids is 1. The van der Waals surface area contributed by atoms with Crippen LogP contribution in [0.1, 0.15) is 29.6 Å². The molecule has 0 amide bonds. The summed E-state index contributed by atoms with van der Waals surface area (Å²) in [6.07, 6.45) is 5.11. The van der Waals surface area contributed by atoms with Crippen LogP contribution in [0.5, 0.6) is 0 Å². The lowest BCUT2D eigenvalue weighted by Crippen LogP contribution is -2.51. The Morgan fingerprint density at radius 2 is 2.15 bits per heavy atom. The van der Waals surface area contributed by atoms with Crippen LogP contribution >= 0.6 is 11.3 Å². The molecule has 1 unspecified atom stereocenters. The van der Waals surface area contributed by atoms with Gasteiger partial charge in [-0.3, -0.25) is 14.2 Å². The van der Waals surface area contributed by atoms with E-state index in [-0.39, 0.29) is 34.5 Å². The van der Waals surface area contributed by atoms with E-state index in [4.69, 9.17) is 4.74 Å². The van der Waals surface area contributed by atoms with Crippen LogP contribution in [-0.2, 0) is 9.53 Å². The Morgan fingerprint density at radius 3 is 2.82 bits per heavy atom. The van der Waals surface area contributed by atoms with Crippen molar-refractivity contribution in [2.75, 3.05) is 31.2 Å². The van der Waals surface area contributed by atoms with Crippen LogP contribution in [0.15, 0.2) is 28.6 Å². The van der Waals surface area contributed by atoms with Gasteiger partial charge in [0.2, 0.25) is 5.43 Å². The topological polar surface area (TPSA) is 115 Å². The van der Waals surface area contributed by atoms with Crippen molar-refractivity contribution in [2.24, 2.45) is 11.8 Å². The second-order valence-corrected chi connectivity index (χ2v) is 9.26. The van der Waals surface area contributed by atoms with Crippen molar-refractivity contribution in [3.8, 4) is 5.13 Å². The lowest BCUT2D eigenvalue weighted by molar-refractivity contribution is -0.125. The number of hydrogen-bond acceptors (Lipinski definition) is 8. The third-order valence-electron chi connectivity index (χ3n) is 6.15. The number of anilines is 1. The molecular formula is C22H21FN4O5S. The Kier molecular flexibility index (Phi) is 5.67. The van der Waals surface area contributed by atoms with E-state index >= 15 is 0 Å². The number of pyridine rings is 2. The summed E-state index contributed by atoms with van der Waals surface area (Å²) in [5.74, 6) is -1.93. The van der Waals surface area contributed by atoms with Crippen LogP contribution in [0.2, 0.25) is 0 Å². The molecule has 1 atom stereocenters. The first kappa shape index (κ1) is 21.7. The second-order valence-electron chi connectivity index (χ2n) is 8.38. The zero-order valence-corrected chi connectivity index (χ0v) is 18.4. The van der Waals surface area contributed by atoms with Crippen molar-refractivity contribution >= 4 is 39.9 Å². The smallest absolute Gasteiger partial charge is 0.341 e. The molecule has 0 radical (unpaired) electrons. The number of thiazole rings is 1. The van der Waals surface area contributed by atoms with Gasteiger partial charge in [-0.1, -0.05) is 0 Å². The third kappa shape index (κ3) is 4.02. The molecule has 172 valence electrons. The molecule has 3 aromatic rings. The monoisotopic (exact) mass is 472 g/mol. The van der Waals surface area contributed by atoms with Crippen molar-refractivity contribution in [2.45, 2.75) is 19.3 Å². The summed E-state index contributed by atoms with van der Waals surface area (Å²) in [6.45, 7) is 2.04. The third-order valence-corrected chi connectivity index (χ3v) is 6.92. The zero-order chi connectivity index (χ0) is 23.1. The molecule has 11 heteroatoms. The first-order valence-corrected chi connectivity index (χ1v) is 11.5. The van der Waals surface area contributed by atoms with Crippen molar-refractivity contribution in [3.63, 3.8) is 0 Å². The normalized spacial score (nSPS) is 18.9. The average Bonchev–Trinajstić information content (AvgIpc) is 3.29.